The second-order valence-corrected chi connectivity index (χ2v) is 5.66. The maximum Gasteiger partial charge on any atom is 0.315 e. The number of urea groups is 1. The van der Waals surface area contributed by atoms with Crippen molar-refractivity contribution >= 4 is 22.5 Å². The van der Waals surface area contributed by atoms with E-state index in [-0.39, 0.29) is 11.4 Å². The van der Waals surface area contributed by atoms with Crippen LogP contribution in [0.4, 0.5) is 9.93 Å². The summed E-state index contributed by atoms with van der Waals surface area (Å²) < 4.78 is 0. The molecule has 0 unspecified atom stereocenters. The smallest absolute Gasteiger partial charge is 0.315 e. The summed E-state index contributed by atoms with van der Waals surface area (Å²) in [4.78, 5) is 15.4. The Labute approximate surface area is 99.4 Å². The van der Waals surface area contributed by atoms with Crippen molar-refractivity contribution < 1.29 is 4.79 Å². The molecule has 0 saturated carbocycles. The molecule has 2 amide bonds. The number of nitrogens with zero attached hydrogens (tertiary/aromatic N) is 1. The first-order valence-corrected chi connectivity index (χ1v) is 5.96. The van der Waals surface area contributed by atoms with Crippen LogP contribution in [0.3, 0.4) is 0 Å². The van der Waals surface area contributed by atoms with Crippen LogP contribution >= 0.6 is 11.3 Å². The SMILES string of the molecule is CC(C)(C)CNC(=O)NCc1csc(N)n1. The minimum absolute atomic E-state index is 0.0857. The van der Waals surface area contributed by atoms with Crippen LogP contribution < -0.4 is 16.4 Å². The van der Waals surface area contributed by atoms with Crippen LogP contribution in [0.5, 0.6) is 0 Å². The van der Waals surface area contributed by atoms with Crippen LogP contribution in [0.2, 0.25) is 0 Å². The van der Waals surface area contributed by atoms with Crippen molar-refractivity contribution in [2.45, 2.75) is 27.3 Å². The number of nitrogens with two attached hydrogens (primary N) is 1. The van der Waals surface area contributed by atoms with Crippen molar-refractivity contribution in [1.29, 1.82) is 0 Å². The number of carbonyl (C=O) groups is 1. The predicted octanol–water partition coefficient (Wildman–Crippen LogP) is 1.57. The highest BCUT2D eigenvalue weighted by atomic mass is 32.1. The summed E-state index contributed by atoms with van der Waals surface area (Å²) in [6, 6.07) is -0.179. The highest BCUT2D eigenvalue weighted by molar-refractivity contribution is 7.13. The maximum atomic E-state index is 11.4. The Hall–Kier alpha value is -1.30. The largest absolute Gasteiger partial charge is 0.375 e. The van der Waals surface area contributed by atoms with E-state index in [0.29, 0.717) is 18.2 Å². The Bertz CT molecular complexity index is 356. The summed E-state index contributed by atoms with van der Waals surface area (Å²) in [5.41, 5.74) is 6.35. The molecule has 6 heteroatoms. The number of nitrogen functional groups attached to an aromatic ring is 1. The Morgan fingerprint density at radius 3 is 2.69 bits per heavy atom. The van der Waals surface area contributed by atoms with Gasteiger partial charge in [0.25, 0.3) is 0 Å². The van der Waals surface area contributed by atoms with Gasteiger partial charge in [0.15, 0.2) is 5.13 Å². The van der Waals surface area contributed by atoms with E-state index < -0.39 is 0 Å². The summed E-state index contributed by atoms with van der Waals surface area (Å²) in [5, 5.41) is 7.87. The van der Waals surface area contributed by atoms with Crippen molar-refractivity contribution in [2.75, 3.05) is 12.3 Å². The molecule has 0 aromatic carbocycles. The molecule has 0 radical (unpaired) electrons. The summed E-state index contributed by atoms with van der Waals surface area (Å²) in [6.45, 7) is 7.24. The molecule has 0 spiro atoms. The second-order valence-electron chi connectivity index (χ2n) is 4.77. The third kappa shape index (κ3) is 4.97. The number of aromatic nitrogens is 1. The van der Waals surface area contributed by atoms with Crippen molar-refractivity contribution in [3.63, 3.8) is 0 Å². The lowest BCUT2D eigenvalue weighted by atomic mass is 9.97. The second kappa shape index (κ2) is 5.16. The fraction of sp³-hybridized carbons (Fsp3) is 0.600. The zero-order chi connectivity index (χ0) is 12.2. The lowest BCUT2D eigenvalue weighted by Crippen LogP contribution is -2.39. The Balaban J connectivity index is 2.25. The van der Waals surface area contributed by atoms with Gasteiger partial charge in [-0.15, -0.1) is 11.3 Å². The first kappa shape index (κ1) is 12.8. The predicted molar refractivity (Wildman–Crippen MR) is 66.2 cm³/mol. The van der Waals surface area contributed by atoms with Gasteiger partial charge in [0.05, 0.1) is 12.2 Å². The van der Waals surface area contributed by atoms with Gasteiger partial charge in [-0.25, -0.2) is 9.78 Å². The van der Waals surface area contributed by atoms with E-state index in [1.807, 2.05) is 5.38 Å². The van der Waals surface area contributed by atoms with Gasteiger partial charge < -0.3 is 16.4 Å². The molecule has 0 aliphatic carbocycles. The summed E-state index contributed by atoms with van der Waals surface area (Å²) >= 11 is 1.37. The van der Waals surface area contributed by atoms with Crippen LogP contribution in [0.25, 0.3) is 0 Å². The van der Waals surface area contributed by atoms with E-state index in [9.17, 15) is 4.79 Å². The van der Waals surface area contributed by atoms with Gasteiger partial charge in [-0.3, -0.25) is 0 Å². The van der Waals surface area contributed by atoms with Crippen LogP contribution in [-0.4, -0.2) is 17.6 Å². The van der Waals surface area contributed by atoms with Gasteiger partial charge in [0.1, 0.15) is 0 Å². The van der Waals surface area contributed by atoms with Gasteiger partial charge in [-0.05, 0) is 5.41 Å². The molecule has 90 valence electrons. The summed E-state index contributed by atoms with van der Waals surface area (Å²) in [6.07, 6.45) is 0. The fourth-order valence-electron chi connectivity index (χ4n) is 0.983. The molecule has 0 fully saturated rings. The third-order valence-corrected chi connectivity index (χ3v) is 2.50. The van der Waals surface area contributed by atoms with Crippen LogP contribution in [0, 0.1) is 5.41 Å². The molecule has 1 aromatic heterocycles. The zero-order valence-corrected chi connectivity index (χ0v) is 10.6. The number of nitrogens with one attached hydrogen (secondary N) is 2. The Kier molecular flexibility index (Phi) is 4.12. The van der Waals surface area contributed by atoms with E-state index in [1.54, 1.807) is 0 Å². The van der Waals surface area contributed by atoms with Crippen LogP contribution in [0.15, 0.2) is 5.38 Å². The number of hydrogen-bond donors (Lipinski definition) is 3. The highest BCUT2D eigenvalue weighted by Gasteiger charge is 2.11. The normalized spacial score (nSPS) is 11.2. The van der Waals surface area contributed by atoms with Crippen molar-refractivity contribution in [2.24, 2.45) is 5.41 Å². The number of thiazole rings is 1. The lowest BCUT2D eigenvalue weighted by Gasteiger charge is -2.18. The number of carbonyl (C=O) groups excluding carboxylic acids is 1. The standard InChI is InChI=1S/C10H18N4OS/c1-10(2,3)6-13-9(15)12-4-7-5-16-8(11)14-7/h5H,4,6H2,1-3H3,(H2,11,14)(H2,12,13,15). The number of rotatable bonds is 3. The summed E-state index contributed by atoms with van der Waals surface area (Å²) in [5.74, 6) is 0. The van der Waals surface area contributed by atoms with Crippen molar-refractivity contribution in [1.82, 2.24) is 15.6 Å². The summed E-state index contributed by atoms with van der Waals surface area (Å²) in [7, 11) is 0. The topological polar surface area (TPSA) is 80.0 Å². The molecular formula is C10H18N4OS. The molecule has 0 aliphatic rings. The first-order chi connectivity index (χ1) is 7.37. The van der Waals surface area contributed by atoms with E-state index >= 15 is 0 Å². The third-order valence-electron chi connectivity index (χ3n) is 1.78. The van der Waals surface area contributed by atoms with Crippen molar-refractivity contribution in [3.8, 4) is 0 Å². The molecule has 0 aliphatic heterocycles. The Morgan fingerprint density at radius 1 is 1.50 bits per heavy atom. The van der Waals surface area contributed by atoms with E-state index in [4.69, 9.17) is 5.73 Å². The quantitative estimate of drug-likeness (QED) is 0.752. The average Bonchev–Trinajstić information content (AvgIpc) is 2.57. The molecule has 16 heavy (non-hydrogen) atoms. The molecule has 0 atom stereocenters. The number of amides is 2. The lowest BCUT2D eigenvalue weighted by molar-refractivity contribution is 0.235. The molecule has 1 aromatic rings. The van der Waals surface area contributed by atoms with E-state index in [1.165, 1.54) is 11.3 Å². The monoisotopic (exact) mass is 242 g/mol. The van der Waals surface area contributed by atoms with Gasteiger partial charge in [0.2, 0.25) is 0 Å². The minimum atomic E-state index is -0.179. The van der Waals surface area contributed by atoms with E-state index in [0.717, 1.165) is 5.69 Å². The first-order valence-electron chi connectivity index (χ1n) is 5.08. The number of anilines is 1. The highest BCUT2D eigenvalue weighted by Crippen LogP contribution is 2.11. The van der Waals surface area contributed by atoms with Gasteiger partial charge >= 0.3 is 6.03 Å². The average molecular weight is 242 g/mol. The van der Waals surface area contributed by atoms with E-state index in [2.05, 4.69) is 36.4 Å². The van der Waals surface area contributed by atoms with Crippen molar-refractivity contribution in [3.05, 3.63) is 11.1 Å². The van der Waals surface area contributed by atoms with Crippen LogP contribution in [0.1, 0.15) is 26.5 Å². The minimum Gasteiger partial charge on any atom is -0.375 e. The number of hydrogen-bond acceptors (Lipinski definition) is 4. The molecular weight excluding hydrogens is 224 g/mol. The fourth-order valence-corrected chi connectivity index (χ4v) is 1.55. The van der Waals surface area contributed by atoms with Crippen LogP contribution in [-0.2, 0) is 6.54 Å². The molecule has 0 bridgehead atoms. The van der Waals surface area contributed by atoms with Gasteiger partial charge in [0, 0.05) is 11.9 Å². The molecule has 0 saturated heterocycles. The molecule has 1 heterocycles. The molecule has 5 nitrogen and oxygen atoms in total. The van der Waals surface area contributed by atoms with Gasteiger partial charge in [-0.1, -0.05) is 20.8 Å². The van der Waals surface area contributed by atoms with Gasteiger partial charge in [-0.2, -0.15) is 0 Å². The zero-order valence-electron chi connectivity index (χ0n) is 9.83. The maximum absolute atomic E-state index is 11.4. The molecule has 1 rings (SSSR count). The molecule has 4 N–H and O–H groups in total. The Morgan fingerprint density at radius 2 is 2.19 bits per heavy atom.